The van der Waals surface area contributed by atoms with E-state index in [-0.39, 0.29) is 89.4 Å². The first-order valence-electron chi connectivity index (χ1n) is 12.8. The normalized spacial score (nSPS) is 14.2. The van der Waals surface area contributed by atoms with Crippen LogP contribution in [0, 0.1) is 95.3 Å². The summed E-state index contributed by atoms with van der Waals surface area (Å²) in [6.45, 7) is 38.2. The molecule has 2 aliphatic rings. The first-order chi connectivity index (χ1) is 22.8. The van der Waals surface area contributed by atoms with Crippen LogP contribution in [0.25, 0.3) is 57.8 Å². The zero-order chi connectivity index (χ0) is 34.0. The van der Waals surface area contributed by atoms with Gasteiger partial charge in [0.05, 0.1) is 61.7 Å². The van der Waals surface area contributed by atoms with E-state index in [1.807, 2.05) is 18.2 Å². The maximum atomic E-state index is 17.1. The molecule has 0 unspecified atom stereocenters. The van der Waals surface area contributed by atoms with Crippen molar-refractivity contribution < 1.29 is 4.39 Å². The zero-order valence-electron chi connectivity index (χ0n) is 23.4. The molecule has 47 heavy (non-hydrogen) atoms. The van der Waals surface area contributed by atoms with Crippen LogP contribution in [0.15, 0.2) is 53.9 Å². The van der Waals surface area contributed by atoms with Crippen LogP contribution in [0.3, 0.4) is 0 Å². The number of benzene rings is 3. The Morgan fingerprint density at radius 2 is 1.21 bits per heavy atom. The van der Waals surface area contributed by atoms with E-state index >= 15 is 4.39 Å². The predicted molar refractivity (Wildman–Crippen MR) is 165 cm³/mol. The minimum atomic E-state index is -1.11. The summed E-state index contributed by atoms with van der Waals surface area (Å²) in [4.78, 5) is 16.8. The van der Waals surface area contributed by atoms with Crippen LogP contribution in [0.2, 0.25) is 0 Å². The van der Waals surface area contributed by atoms with Crippen molar-refractivity contribution in [3.05, 3.63) is 161 Å². The van der Waals surface area contributed by atoms with Crippen molar-refractivity contribution in [3.63, 3.8) is 0 Å². The number of halogens is 1. The van der Waals surface area contributed by atoms with Gasteiger partial charge in [0.15, 0.2) is 11.4 Å². The molecule has 2 aliphatic carbocycles. The molecule has 3 aromatic rings. The highest BCUT2D eigenvalue weighted by atomic mass is 19.1. The van der Waals surface area contributed by atoms with E-state index in [0.717, 1.165) is 0 Å². The SMILES string of the molecule is [C-]#[N+]C1=C(c2ccc([N+]#[C-])c([N+]#[C-])c2)/C(=C(/C#N)[N+]#[C-])c2cc3c(c(F)c21)/C(=C(/C#N)[N+]#[C-])C(c1ccc(C#N)c(C#N)c1)=C3C#N. The fourth-order valence-electron chi connectivity index (χ4n) is 5.59. The van der Waals surface area contributed by atoms with Gasteiger partial charge in [0.25, 0.3) is 11.4 Å². The molecule has 10 nitrogen and oxygen atoms in total. The number of hydrogen-bond acceptors (Lipinski definition) is 5. The van der Waals surface area contributed by atoms with E-state index in [2.05, 4.69) is 24.2 Å². The summed E-state index contributed by atoms with van der Waals surface area (Å²) in [7, 11) is 0. The van der Waals surface area contributed by atoms with Crippen LogP contribution in [-0.2, 0) is 0 Å². The lowest BCUT2D eigenvalue weighted by Crippen LogP contribution is -2.00. The Hall–Kier alpha value is -8.55. The van der Waals surface area contributed by atoms with Crippen LogP contribution in [0.5, 0.6) is 0 Å². The van der Waals surface area contributed by atoms with Gasteiger partial charge in [-0.1, -0.05) is 24.3 Å². The first-order valence-corrected chi connectivity index (χ1v) is 12.8. The third kappa shape index (κ3) is 4.23. The Balaban J connectivity index is 1.98. The number of rotatable bonds is 2. The van der Waals surface area contributed by atoms with Gasteiger partial charge in [-0.15, -0.1) is 0 Å². The van der Waals surface area contributed by atoms with Crippen molar-refractivity contribution in [2.24, 2.45) is 0 Å². The van der Waals surface area contributed by atoms with Gasteiger partial charge < -0.3 is 0 Å². The minimum Gasteiger partial charge on any atom is -0.250 e. The summed E-state index contributed by atoms with van der Waals surface area (Å²) >= 11 is 0. The Kier molecular flexibility index (Phi) is 7.40. The highest BCUT2D eigenvalue weighted by Crippen LogP contribution is 2.56. The van der Waals surface area contributed by atoms with E-state index in [9.17, 15) is 26.3 Å². The van der Waals surface area contributed by atoms with E-state index in [1.165, 1.54) is 42.5 Å². The Labute approximate surface area is 266 Å². The lowest BCUT2D eigenvalue weighted by atomic mass is 9.90. The molecule has 0 aromatic heterocycles. The van der Waals surface area contributed by atoms with Gasteiger partial charge in [-0.25, -0.2) is 29.4 Å². The van der Waals surface area contributed by atoms with Crippen LogP contribution in [0.4, 0.5) is 15.8 Å². The molecule has 0 atom stereocenters. The molecule has 0 N–H and O–H groups in total. The van der Waals surface area contributed by atoms with Crippen molar-refractivity contribution in [3.8, 4) is 30.3 Å². The molecule has 0 fully saturated rings. The Bertz CT molecular complexity index is 2600. The standard InChI is InChI=1S/C36H7FN10/c1-43-25-9-8-19(11-26(25)44-2)30-31(27(16-41)45-3)23-12-22-24(15-40)29(18-6-7-20(13-38)21(10-18)14-39)34(28(17-42)46-4)32(22)35(37)33(23)36(30)47-5/h6-12H/b31-27-,34-28-. The number of hydrogen-bond donors (Lipinski definition) is 0. The largest absolute Gasteiger partial charge is 0.270 e. The van der Waals surface area contributed by atoms with E-state index in [0.29, 0.717) is 0 Å². The second-order valence-electron chi connectivity index (χ2n) is 9.54. The maximum absolute atomic E-state index is 17.1. The summed E-state index contributed by atoms with van der Waals surface area (Å²) < 4.78 is 17.1. The molecular formula is C36H7FN10. The Morgan fingerprint density at radius 3 is 1.77 bits per heavy atom. The Morgan fingerprint density at radius 1 is 0.596 bits per heavy atom. The molecule has 208 valence electrons. The predicted octanol–water partition coefficient (Wildman–Crippen LogP) is 8.23. The molecule has 0 radical (unpaired) electrons. The third-order valence-corrected chi connectivity index (χ3v) is 7.47. The summed E-state index contributed by atoms with van der Waals surface area (Å²) in [6.07, 6.45) is 0. The smallest absolute Gasteiger partial charge is 0.250 e. The fourth-order valence-corrected chi connectivity index (χ4v) is 5.59. The second kappa shape index (κ2) is 11.6. The molecule has 0 spiro atoms. The molecule has 0 amide bonds. The molecule has 0 bridgehead atoms. The average molecular weight is 599 g/mol. The van der Waals surface area contributed by atoms with Crippen molar-refractivity contribution in [1.29, 1.82) is 26.3 Å². The van der Waals surface area contributed by atoms with E-state index in [4.69, 9.17) is 32.9 Å². The lowest BCUT2D eigenvalue weighted by Gasteiger charge is -2.13. The third-order valence-electron chi connectivity index (χ3n) is 7.47. The minimum absolute atomic E-state index is 0.0160. The molecule has 11 heteroatoms. The van der Waals surface area contributed by atoms with Gasteiger partial charge in [-0.3, -0.25) is 9.69 Å². The van der Waals surface area contributed by atoms with Crippen LogP contribution >= 0.6 is 0 Å². The summed E-state index contributed by atoms with van der Waals surface area (Å²) in [6, 6.07) is 18.6. The maximum Gasteiger partial charge on any atom is 0.270 e. The zero-order valence-corrected chi connectivity index (χ0v) is 23.4. The van der Waals surface area contributed by atoms with E-state index in [1.54, 1.807) is 12.1 Å². The fraction of sp³-hybridized carbons (Fsp3) is 0. The van der Waals surface area contributed by atoms with Gasteiger partial charge >= 0.3 is 0 Å². The average Bonchev–Trinajstić information content (AvgIpc) is 3.62. The summed E-state index contributed by atoms with van der Waals surface area (Å²) in [5, 5.41) is 49.3. The number of nitrogens with zero attached hydrogens (tertiary/aromatic N) is 10. The molecule has 0 heterocycles. The van der Waals surface area contributed by atoms with Gasteiger partial charge in [0.2, 0.25) is 5.70 Å². The van der Waals surface area contributed by atoms with Crippen molar-refractivity contribution in [2.75, 3.05) is 0 Å². The second-order valence-corrected chi connectivity index (χ2v) is 9.54. The first kappa shape index (κ1) is 29.9. The van der Waals surface area contributed by atoms with E-state index < -0.39 is 17.2 Å². The molecule has 5 rings (SSSR count). The quantitative estimate of drug-likeness (QED) is 0.216. The molecular weight excluding hydrogens is 591 g/mol. The molecule has 0 saturated heterocycles. The number of fused-ring (bicyclic) bond motifs is 2. The molecule has 0 aliphatic heterocycles. The molecule has 0 saturated carbocycles. The van der Waals surface area contributed by atoms with Crippen molar-refractivity contribution in [1.82, 2.24) is 0 Å². The monoisotopic (exact) mass is 598 g/mol. The van der Waals surface area contributed by atoms with Gasteiger partial charge in [-0.05, 0) is 51.6 Å². The summed E-state index contributed by atoms with van der Waals surface area (Å²) in [5.41, 5.74) is -2.83. The topological polar surface area (TPSA) is 141 Å². The lowest BCUT2D eigenvalue weighted by molar-refractivity contribution is 0.620. The van der Waals surface area contributed by atoms with Crippen LogP contribution in [-0.4, -0.2) is 0 Å². The number of allylic oxidation sites excluding steroid dienone is 7. The van der Waals surface area contributed by atoms with Crippen LogP contribution in [0.1, 0.15) is 44.5 Å². The summed E-state index contributed by atoms with van der Waals surface area (Å²) in [5.74, 6) is -1.11. The molecule has 3 aromatic carbocycles. The van der Waals surface area contributed by atoms with Gasteiger partial charge in [0.1, 0.15) is 24.0 Å². The highest BCUT2D eigenvalue weighted by Gasteiger charge is 2.40. The van der Waals surface area contributed by atoms with Crippen molar-refractivity contribution >= 4 is 44.9 Å². The van der Waals surface area contributed by atoms with Crippen molar-refractivity contribution in [2.45, 2.75) is 0 Å². The highest BCUT2D eigenvalue weighted by molar-refractivity contribution is 6.29. The van der Waals surface area contributed by atoms with Gasteiger partial charge in [0, 0.05) is 22.3 Å². The van der Waals surface area contributed by atoms with Gasteiger partial charge in [-0.2, -0.15) is 15.8 Å². The number of nitriles is 5. The van der Waals surface area contributed by atoms with Crippen LogP contribution < -0.4 is 0 Å².